The number of β-amino-alcohol motifs (C(OH)–C–C–N with tert-alkyl or cyclic N) is 1. The fourth-order valence-electron chi connectivity index (χ4n) is 3.36. The van der Waals surface area contributed by atoms with Crippen LogP contribution in [0.4, 0.5) is 0 Å². The minimum absolute atomic E-state index is 0.361. The molecule has 2 aliphatic rings. The van der Waals surface area contributed by atoms with E-state index in [4.69, 9.17) is 4.74 Å². The first kappa shape index (κ1) is 13.1. The lowest BCUT2D eigenvalue weighted by Gasteiger charge is -2.44. The van der Waals surface area contributed by atoms with Crippen molar-refractivity contribution in [3.05, 3.63) is 18.5 Å². The van der Waals surface area contributed by atoms with E-state index in [0.717, 1.165) is 19.7 Å². The normalized spacial score (nSPS) is 29.9. The summed E-state index contributed by atoms with van der Waals surface area (Å²) in [5, 5.41) is 14.4. The minimum atomic E-state index is -0.361. The van der Waals surface area contributed by atoms with Gasteiger partial charge in [-0.2, -0.15) is 5.10 Å². The first-order valence-corrected chi connectivity index (χ1v) is 7.34. The van der Waals surface area contributed by atoms with Crippen LogP contribution in [0.5, 0.6) is 0 Å². The molecule has 1 aliphatic carbocycles. The van der Waals surface area contributed by atoms with Crippen molar-refractivity contribution in [2.45, 2.75) is 50.5 Å². The average molecular weight is 265 g/mol. The Labute approximate surface area is 114 Å². The van der Waals surface area contributed by atoms with Crippen molar-refractivity contribution in [3.63, 3.8) is 0 Å². The van der Waals surface area contributed by atoms with Crippen molar-refractivity contribution >= 4 is 0 Å². The number of morpholine rings is 1. The number of aliphatic hydroxyl groups is 1. The molecule has 106 valence electrons. The molecular weight excluding hydrogens is 242 g/mol. The number of fused-ring (bicyclic) bond motifs is 1. The Morgan fingerprint density at radius 3 is 3.05 bits per heavy atom. The molecule has 2 fully saturated rings. The molecule has 0 spiro atoms. The summed E-state index contributed by atoms with van der Waals surface area (Å²) in [6.45, 7) is 3.04. The van der Waals surface area contributed by atoms with Crippen molar-refractivity contribution in [1.82, 2.24) is 14.7 Å². The van der Waals surface area contributed by atoms with E-state index in [1.54, 1.807) is 10.9 Å². The first-order valence-electron chi connectivity index (χ1n) is 7.34. The summed E-state index contributed by atoms with van der Waals surface area (Å²) < 4.78 is 7.65. The van der Waals surface area contributed by atoms with Gasteiger partial charge in [-0.15, -0.1) is 0 Å². The van der Waals surface area contributed by atoms with Gasteiger partial charge in [-0.1, -0.05) is 12.8 Å². The van der Waals surface area contributed by atoms with Gasteiger partial charge in [-0.25, -0.2) is 0 Å². The molecule has 5 nitrogen and oxygen atoms in total. The molecule has 2 heterocycles. The molecule has 5 heteroatoms. The van der Waals surface area contributed by atoms with Crippen LogP contribution in [0, 0.1) is 0 Å². The van der Waals surface area contributed by atoms with Crippen molar-refractivity contribution in [2.24, 2.45) is 0 Å². The molecular formula is C14H23N3O2. The third-order valence-corrected chi connectivity index (χ3v) is 4.25. The fraction of sp³-hybridized carbons (Fsp3) is 0.786. The molecule has 3 atom stereocenters. The predicted molar refractivity (Wildman–Crippen MR) is 71.8 cm³/mol. The van der Waals surface area contributed by atoms with Crippen molar-refractivity contribution in [1.29, 1.82) is 0 Å². The van der Waals surface area contributed by atoms with Crippen LogP contribution < -0.4 is 0 Å². The minimum Gasteiger partial charge on any atom is -0.390 e. The smallest absolute Gasteiger partial charge is 0.0862 e. The average Bonchev–Trinajstić information content (AvgIpc) is 2.92. The van der Waals surface area contributed by atoms with Gasteiger partial charge in [0, 0.05) is 31.5 Å². The van der Waals surface area contributed by atoms with E-state index in [1.165, 1.54) is 25.7 Å². The number of aliphatic hydroxyl groups excluding tert-OH is 1. The Bertz CT molecular complexity index is 380. The molecule has 3 rings (SSSR count). The van der Waals surface area contributed by atoms with E-state index in [1.807, 2.05) is 12.3 Å². The highest BCUT2D eigenvalue weighted by molar-refractivity contribution is 4.88. The maximum absolute atomic E-state index is 10.2. The molecule has 0 bridgehead atoms. The second kappa shape index (κ2) is 6.03. The summed E-state index contributed by atoms with van der Waals surface area (Å²) >= 11 is 0. The molecule has 0 radical (unpaired) electrons. The number of hydrogen-bond acceptors (Lipinski definition) is 4. The van der Waals surface area contributed by atoms with Gasteiger partial charge in [-0.3, -0.25) is 9.58 Å². The second-order valence-electron chi connectivity index (χ2n) is 5.64. The number of rotatable bonds is 4. The van der Waals surface area contributed by atoms with Gasteiger partial charge in [0.15, 0.2) is 0 Å². The summed E-state index contributed by atoms with van der Waals surface area (Å²) in [4.78, 5) is 2.42. The van der Waals surface area contributed by atoms with E-state index < -0.39 is 0 Å². The summed E-state index contributed by atoms with van der Waals surface area (Å²) in [6.07, 6.45) is 8.63. The van der Waals surface area contributed by atoms with Gasteiger partial charge in [0.05, 0.1) is 25.4 Å². The SMILES string of the molecule is O[C@H](CN1CCO[C@@H]2CCCC[C@H]21)Cn1cccn1. The Morgan fingerprint density at radius 2 is 2.21 bits per heavy atom. The molecule has 1 aliphatic heterocycles. The molecule has 0 aromatic carbocycles. The van der Waals surface area contributed by atoms with E-state index in [9.17, 15) is 5.11 Å². The number of hydrogen-bond donors (Lipinski definition) is 1. The number of aromatic nitrogens is 2. The third-order valence-electron chi connectivity index (χ3n) is 4.25. The Balaban J connectivity index is 1.55. The van der Waals surface area contributed by atoms with Gasteiger partial charge in [0.25, 0.3) is 0 Å². The molecule has 1 N–H and O–H groups in total. The Morgan fingerprint density at radius 1 is 1.32 bits per heavy atom. The highest BCUT2D eigenvalue weighted by atomic mass is 16.5. The molecule has 19 heavy (non-hydrogen) atoms. The van der Waals surface area contributed by atoms with Crippen LogP contribution in [0.3, 0.4) is 0 Å². The Kier molecular flexibility index (Phi) is 4.15. The van der Waals surface area contributed by atoms with E-state index in [0.29, 0.717) is 18.7 Å². The molecule has 0 amide bonds. The van der Waals surface area contributed by atoms with Crippen molar-refractivity contribution < 1.29 is 9.84 Å². The maximum atomic E-state index is 10.2. The van der Waals surface area contributed by atoms with Crippen molar-refractivity contribution in [2.75, 3.05) is 19.7 Å². The van der Waals surface area contributed by atoms with Crippen LogP contribution in [-0.2, 0) is 11.3 Å². The van der Waals surface area contributed by atoms with Crippen LogP contribution in [0.25, 0.3) is 0 Å². The zero-order chi connectivity index (χ0) is 13.1. The van der Waals surface area contributed by atoms with E-state index in [2.05, 4.69) is 10.00 Å². The highest BCUT2D eigenvalue weighted by Crippen LogP contribution is 2.28. The van der Waals surface area contributed by atoms with Crippen LogP contribution in [-0.4, -0.2) is 57.7 Å². The second-order valence-corrected chi connectivity index (χ2v) is 5.64. The lowest BCUT2D eigenvalue weighted by molar-refractivity contribution is -0.0981. The number of ether oxygens (including phenoxy) is 1. The quantitative estimate of drug-likeness (QED) is 0.878. The summed E-state index contributed by atoms with van der Waals surface area (Å²) in [6, 6.07) is 2.40. The maximum Gasteiger partial charge on any atom is 0.0862 e. The summed E-state index contributed by atoms with van der Waals surface area (Å²) in [5.41, 5.74) is 0. The number of nitrogens with zero attached hydrogens (tertiary/aromatic N) is 3. The summed E-state index contributed by atoms with van der Waals surface area (Å²) in [5.74, 6) is 0. The lowest BCUT2D eigenvalue weighted by atomic mass is 9.90. The zero-order valence-electron chi connectivity index (χ0n) is 11.3. The largest absolute Gasteiger partial charge is 0.390 e. The Hall–Kier alpha value is -0.910. The zero-order valence-corrected chi connectivity index (χ0v) is 11.3. The highest BCUT2D eigenvalue weighted by Gasteiger charge is 2.34. The van der Waals surface area contributed by atoms with Gasteiger partial charge < -0.3 is 9.84 Å². The van der Waals surface area contributed by atoms with Gasteiger partial charge in [0.2, 0.25) is 0 Å². The molecule has 0 unspecified atom stereocenters. The van der Waals surface area contributed by atoms with Gasteiger partial charge >= 0.3 is 0 Å². The standard InChI is InChI=1S/C14H23N3O2/c18-12(11-17-7-3-6-15-17)10-16-8-9-19-14-5-2-1-4-13(14)16/h3,6-7,12-14,18H,1-2,4-5,8-11H2/t12-,13-,14-/m1/s1. The van der Waals surface area contributed by atoms with Crippen molar-refractivity contribution in [3.8, 4) is 0 Å². The molecule has 1 aromatic rings. The molecule has 1 saturated carbocycles. The monoisotopic (exact) mass is 265 g/mol. The molecule has 1 aromatic heterocycles. The fourth-order valence-corrected chi connectivity index (χ4v) is 3.36. The first-order chi connectivity index (χ1) is 9.33. The van der Waals surface area contributed by atoms with Crippen LogP contribution in [0.15, 0.2) is 18.5 Å². The van der Waals surface area contributed by atoms with Crippen LogP contribution in [0.2, 0.25) is 0 Å². The van der Waals surface area contributed by atoms with Crippen LogP contribution in [0.1, 0.15) is 25.7 Å². The topological polar surface area (TPSA) is 50.5 Å². The van der Waals surface area contributed by atoms with Crippen LogP contribution >= 0.6 is 0 Å². The molecule has 1 saturated heterocycles. The third kappa shape index (κ3) is 3.16. The van der Waals surface area contributed by atoms with Gasteiger partial charge in [0.1, 0.15) is 0 Å². The summed E-state index contributed by atoms with van der Waals surface area (Å²) in [7, 11) is 0. The predicted octanol–water partition coefficient (Wildman–Crippen LogP) is 0.887. The lowest BCUT2D eigenvalue weighted by Crippen LogP contribution is -2.54. The van der Waals surface area contributed by atoms with Gasteiger partial charge in [-0.05, 0) is 18.9 Å². The van der Waals surface area contributed by atoms with E-state index in [-0.39, 0.29) is 6.10 Å². The van der Waals surface area contributed by atoms with E-state index >= 15 is 0 Å².